The number of guanidine groups is 1. The number of aliphatic imine (C=N–C) groups is 1. The van der Waals surface area contributed by atoms with Gasteiger partial charge < -0.3 is 20.7 Å². The van der Waals surface area contributed by atoms with Gasteiger partial charge in [0.05, 0.1) is 7.11 Å². The third-order valence-corrected chi connectivity index (χ3v) is 3.85. The Morgan fingerprint density at radius 2 is 2.12 bits per heavy atom. The predicted molar refractivity (Wildman–Crippen MR) is 96.6 cm³/mol. The zero-order valence-electron chi connectivity index (χ0n) is 14.8. The molecular weight excluding hydrogens is 304 g/mol. The zero-order valence-corrected chi connectivity index (χ0v) is 14.8. The molecule has 0 aliphatic heterocycles. The number of methoxy groups -OCH3 is 1. The molecule has 1 aromatic rings. The lowest BCUT2D eigenvalue weighted by Gasteiger charge is -2.12. The molecule has 1 amide bonds. The van der Waals surface area contributed by atoms with Gasteiger partial charge in [-0.2, -0.15) is 0 Å². The maximum absolute atomic E-state index is 11.7. The lowest BCUT2D eigenvalue weighted by molar-refractivity contribution is -0.119. The van der Waals surface area contributed by atoms with Gasteiger partial charge in [-0.15, -0.1) is 0 Å². The first-order valence-corrected chi connectivity index (χ1v) is 8.57. The van der Waals surface area contributed by atoms with Crippen molar-refractivity contribution in [3.8, 4) is 5.75 Å². The van der Waals surface area contributed by atoms with E-state index < -0.39 is 0 Å². The molecule has 3 N–H and O–H groups in total. The second kappa shape index (κ2) is 9.15. The Kier molecular flexibility index (Phi) is 6.90. The van der Waals surface area contributed by atoms with Crippen molar-refractivity contribution in [3.63, 3.8) is 0 Å². The van der Waals surface area contributed by atoms with Crippen LogP contribution in [0, 0.1) is 6.92 Å². The van der Waals surface area contributed by atoms with Crippen LogP contribution in [-0.2, 0) is 11.2 Å². The van der Waals surface area contributed by atoms with Crippen LogP contribution in [0.3, 0.4) is 0 Å². The molecule has 0 heterocycles. The minimum atomic E-state index is -0.0158. The van der Waals surface area contributed by atoms with Crippen LogP contribution < -0.4 is 20.7 Å². The van der Waals surface area contributed by atoms with Crippen molar-refractivity contribution in [2.45, 2.75) is 39.2 Å². The maximum Gasteiger partial charge on any atom is 0.242 e. The molecule has 0 atom stereocenters. The summed E-state index contributed by atoms with van der Waals surface area (Å²) < 4.78 is 5.35. The molecular formula is C18H28N4O2. The fraction of sp³-hybridized carbons (Fsp3) is 0.556. The summed E-state index contributed by atoms with van der Waals surface area (Å²) >= 11 is 0. The zero-order chi connectivity index (χ0) is 17.4. The summed E-state index contributed by atoms with van der Waals surface area (Å²) in [5, 5.41) is 9.36. The summed E-state index contributed by atoms with van der Waals surface area (Å²) in [5.41, 5.74) is 2.33. The van der Waals surface area contributed by atoms with Gasteiger partial charge in [-0.3, -0.25) is 4.79 Å². The number of benzene rings is 1. The van der Waals surface area contributed by atoms with E-state index in [0.29, 0.717) is 12.0 Å². The summed E-state index contributed by atoms with van der Waals surface area (Å²) in [6.45, 7) is 5.69. The number of carbonyl (C=O) groups excluding carboxylic acids is 1. The van der Waals surface area contributed by atoms with Crippen LogP contribution in [0.1, 0.15) is 30.9 Å². The Balaban J connectivity index is 1.80. The first-order valence-electron chi connectivity index (χ1n) is 8.57. The fourth-order valence-electron chi connectivity index (χ4n) is 2.34. The Hall–Kier alpha value is -2.24. The Morgan fingerprint density at radius 3 is 2.79 bits per heavy atom. The van der Waals surface area contributed by atoms with Crippen molar-refractivity contribution >= 4 is 11.9 Å². The Bertz CT molecular complexity index is 582. The second-order valence-corrected chi connectivity index (χ2v) is 6.02. The largest absolute Gasteiger partial charge is 0.496 e. The first kappa shape index (κ1) is 18.1. The van der Waals surface area contributed by atoms with Crippen LogP contribution in [0.5, 0.6) is 5.75 Å². The maximum atomic E-state index is 11.7. The SMILES string of the molecule is CCNC(=NCC(=O)NC1CC1)NCCc1ccc(C)c(OC)c1. The number of ether oxygens (including phenoxy) is 1. The second-order valence-electron chi connectivity index (χ2n) is 6.02. The lowest BCUT2D eigenvalue weighted by Crippen LogP contribution is -2.39. The average molecular weight is 332 g/mol. The number of rotatable bonds is 8. The van der Waals surface area contributed by atoms with Gasteiger partial charge >= 0.3 is 0 Å². The lowest BCUT2D eigenvalue weighted by atomic mass is 10.1. The van der Waals surface area contributed by atoms with Crippen LogP contribution in [0.2, 0.25) is 0 Å². The highest BCUT2D eigenvalue weighted by Gasteiger charge is 2.22. The molecule has 0 saturated heterocycles. The van der Waals surface area contributed by atoms with Gasteiger partial charge in [0.15, 0.2) is 5.96 Å². The summed E-state index contributed by atoms with van der Waals surface area (Å²) in [4.78, 5) is 16.0. The average Bonchev–Trinajstić information content (AvgIpc) is 3.38. The standard InChI is InChI=1S/C18H28N4O2/c1-4-19-18(21-12-17(23)22-15-7-8-15)20-10-9-14-6-5-13(2)16(11-14)24-3/h5-6,11,15H,4,7-10,12H2,1-3H3,(H,22,23)(H2,19,20,21). The number of aryl methyl sites for hydroxylation is 1. The van der Waals surface area contributed by atoms with Crippen molar-refractivity contribution in [1.82, 2.24) is 16.0 Å². The number of carbonyl (C=O) groups is 1. The van der Waals surface area contributed by atoms with Crippen molar-refractivity contribution in [2.75, 3.05) is 26.7 Å². The highest BCUT2D eigenvalue weighted by molar-refractivity contribution is 5.85. The molecule has 1 aliphatic carbocycles. The van der Waals surface area contributed by atoms with Gasteiger partial charge in [0.25, 0.3) is 0 Å². The van der Waals surface area contributed by atoms with E-state index in [1.165, 1.54) is 5.56 Å². The van der Waals surface area contributed by atoms with Crippen LogP contribution in [0.15, 0.2) is 23.2 Å². The molecule has 0 radical (unpaired) electrons. The molecule has 0 aromatic heterocycles. The normalized spacial score (nSPS) is 14.2. The molecule has 0 bridgehead atoms. The molecule has 6 nitrogen and oxygen atoms in total. The van der Waals surface area contributed by atoms with Gasteiger partial charge in [0, 0.05) is 19.1 Å². The minimum absolute atomic E-state index is 0.0158. The Morgan fingerprint density at radius 1 is 1.33 bits per heavy atom. The van der Waals surface area contributed by atoms with E-state index in [0.717, 1.165) is 43.7 Å². The quantitative estimate of drug-likeness (QED) is 0.497. The number of hydrogen-bond acceptors (Lipinski definition) is 3. The van der Waals surface area contributed by atoms with E-state index in [-0.39, 0.29) is 12.5 Å². The molecule has 1 saturated carbocycles. The van der Waals surface area contributed by atoms with Gasteiger partial charge in [-0.1, -0.05) is 12.1 Å². The Labute approximate surface area is 144 Å². The van der Waals surface area contributed by atoms with E-state index in [9.17, 15) is 4.79 Å². The third kappa shape index (κ3) is 6.10. The minimum Gasteiger partial charge on any atom is -0.496 e. The summed E-state index contributed by atoms with van der Waals surface area (Å²) in [7, 11) is 1.69. The van der Waals surface area contributed by atoms with Gasteiger partial charge in [-0.25, -0.2) is 4.99 Å². The van der Waals surface area contributed by atoms with Crippen molar-refractivity contribution in [2.24, 2.45) is 4.99 Å². The summed E-state index contributed by atoms with van der Waals surface area (Å²) in [6, 6.07) is 6.60. The van der Waals surface area contributed by atoms with E-state index in [4.69, 9.17) is 4.74 Å². The van der Waals surface area contributed by atoms with E-state index in [1.54, 1.807) is 7.11 Å². The molecule has 24 heavy (non-hydrogen) atoms. The molecule has 0 unspecified atom stereocenters. The predicted octanol–water partition coefficient (Wildman–Crippen LogP) is 1.38. The molecule has 1 fully saturated rings. The van der Waals surface area contributed by atoms with Crippen LogP contribution in [0.4, 0.5) is 0 Å². The van der Waals surface area contributed by atoms with Crippen molar-refractivity contribution in [3.05, 3.63) is 29.3 Å². The number of amides is 1. The fourth-order valence-corrected chi connectivity index (χ4v) is 2.34. The molecule has 1 aromatic carbocycles. The smallest absolute Gasteiger partial charge is 0.242 e. The van der Waals surface area contributed by atoms with Crippen LogP contribution >= 0.6 is 0 Å². The highest BCUT2D eigenvalue weighted by Crippen LogP contribution is 2.19. The molecule has 2 rings (SSSR count). The van der Waals surface area contributed by atoms with Gasteiger partial charge in [-0.05, 0) is 50.3 Å². The van der Waals surface area contributed by atoms with Gasteiger partial charge in [0.1, 0.15) is 12.3 Å². The third-order valence-electron chi connectivity index (χ3n) is 3.85. The van der Waals surface area contributed by atoms with E-state index in [2.05, 4.69) is 39.1 Å². The topological polar surface area (TPSA) is 74.8 Å². The monoisotopic (exact) mass is 332 g/mol. The highest BCUT2D eigenvalue weighted by atomic mass is 16.5. The number of hydrogen-bond donors (Lipinski definition) is 3. The molecule has 6 heteroatoms. The molecule has 1 aliphatic rings. The molecule has 0 spiro atoms. The summed E-state index contributed by atoms with van der Waals surface area (Å²) in [6.07, 6.45) is 3.04. The number of nitrogens with one attached hydrogen (secondary N) is 3. The van der Waals surface area contributed by atoms with Crippen molar-refractivity contribution < 1.29 is 9.53 Å². The van der Waals surface area contributed by atoms with Crippen LogP contribution in [-0.4, -0.2) is 44.7 Å². The van der Waals surface area contributed by atoms with Crippen molar-refractivity contribution in [1.29, 1.82) is 0 Å². The van der Waals surface area contributed by atoms with E-state index >= 15 is 0 Å². The van der Waals surface area contributed by atoms with Crippen LogP contribution in [0.25, 0.3) is 0 Å². The number of nitrogens with zero attached hydrogens (tertiary/aromatic N) is 1. The molecule has 132 valence electrons. The first-order chi connectivity index (χ1) is 11.6. The summed E-state index contributed by atoms with van der Waals surface area (Å²) in [5.74, 6) is 1.56. The van der Waals surface area contributed by atoms with E-state index in [1.807, 2.05) is 13.8 Å². The van der Waals surface area contributed by atoms with Gasteiger partial charge in [0.2, 0.25) is 5.91 Å².